The number of nitro benzene ring substituents is 1. The Morgan fingerprint density at radius 1 is 1.12 bits per heavy atom. The zero-order chi connectivity index (χ0) is 13.2. The van der Waals surface area contributed by atoms with Crippen LogP contribution in [0.1, 0.15) is 5.56 Å². The highest BCUT2D eigenvalue weighted by atomic mass is 16.6. The highest BCUT2D eigenvalue weighted by Crippen LogP contribution is 2.33. The number of hydrogen-bond acceptors (Lipinski definition) is 5. The van der Waals surface area contributed by atoms with Crippen LogP contribution >= 0.6 is 0 Å². The van der Waals surface area contributed by atoms with Gasteiger partial charge in [-0.3, -0.25) is 14.9 Å². The minimum atomic E-state index is -0.461. The van der Waals surface area contributed by atoms with Gasteiger partial charge in [-0.1, -0.05) is 0 Å². The zero-order valence-corrected chi connectivity index (χ0v) is 10.2. The Kier molecular flexibility index (Phi) is 3.67. The maximum Gasteiger partial charge on any atom is 0.294 e. The normalized spacial score (nSPS) is 9.88. The third kappa shape index (κ3) is 2.52. The first-order valence-electron chi connectivity index (χ1n) is 4.93. The predicted octanol–water partition coefficient (Wildman–Crippen LogP) is 1.18. The average molecular weight is 236 g/mol. The summed E-state index contributed by atoms with van der Waals surface area (Å²) in [6.45, 7) is 0. The van der Waals surface area contributed by atoms with E-state index in [1.807, 2.05) is 0 Å². The second kappa shape index (κ2) is 4.82. The third-order valence-electron chi connectivity index (χ3n) is 2.36. The summed E-state index contributed by atoms with van der Waals surface area (Å²) < 4.78 is 0. The van der Waals surface area contributed by atoms with Crippen LogP contribution < -0.4 is 9.80 Å². The molecule has 0 saturated carbocycles. The Bertz CT molecular complexity index is 456. The fraction of sp³-hybridized carbons (Fsp3) is 0.364. The smallest absolute Gasteiger partial charge is 0.294 e. The molecule has 1 aromatic carbocycles. The van der Waals surface area contributed by atoms with Crippen molar-refractivity contribution >= 4 is 23.3 Å². The maximum absolute atomic E-state index is 11.0. The van der Waals surface area contributed by atoms with E-state index in [-0.39, 0.29) is 5.69 Å². The number of rotatable bonds is 4. The van der Waals surface area contributed by atoms with Crippen molar-refractivity contribution in [2.75, 3.05) is 38.0 Å². The predicted molar refractivity (Wildman–Crippen MR) is 66.5 cm³/mol. The summed E-state index contributed by atoms with van der Waals surface area (Å²) >= 11 is 0. The fourth-order valence-corrected chi connectivity index (χ4v) is 1.52. The van der Waals surface area contributed by atoms with Crippen LogP contribution in [0.5, 0.6) is 0 Å². The van der Waals surface area contributed by atoms with Gasteiger partial charge in [0.2, 0.25) is 6.29 Å². The van der Waals surface area contributed by atoms with Crippen LogP contribution in [-0.2, 0) is 4.79 Å². The molecule has 0 aliphatic carbocycles. The monoisotopic (exact) mass is 236 g/mol. The molecule has 1 radical (unpaired) electrons. The molecule has 0 heterocycles. The van der Waals surface area contributed by atoms with Gasteiger partial charge in [-0.25, -0.2) is 0 Å². The van der Waals surface area contributed by atoms with Crippen LogP contribution in [0.4, 0.5) is 17.1 Å². The summed E-state index contributed by atoms with van der Waals surface area (Å²) in [5, 5.41) is 11.0. The van der Waals surface area contributed by atoms with Crippen LogP contribution in [-0.4, -0.2) is 39.4 Å². The number of benzene rings is 1. The molecule has 6 nitrogen and oxygen atoms in total. The fourth-order valence-electron chi connectivity index (χ4n) is 1.52. The number of nitro groups is 1. The molecule has 1 rings (SSSR count). The average Bonchev–Trinajstić information content (AvgIpc) is 2.26. The summed E-state index contributed by atoms with van der Waals surface area (Å²) in [4.78, 5) is 24.6. The summed E-state index contributed by atoms with van der Waals surface area (Å²) in [5.74, 6) is 0. The van der Waals surface area contributed by atoms with Crippen molar-refractivity contribution in [1.82, 2.24) is 0 Å². The molecule has 17 heavy (non-hydrogen) atoms. The molecule has 6 heteroatoms. The van der Waals surface area contributed by atoms with Crippen LogP contribution in [0.2, 0.25) is 0 Å². The topological polar surface area (TPSA) is 66.7 Å². The van der Waals surface area contributed by atoms with E-state index >= 15 is 0 Å². The van der Waals surface area contributed by atoms with Crippen molar-refractivity contribution in [2.45, 2.75) is 0 Å². The molecule has 0 saturated heterocycles. The van der Waals surface area contributed by atoms with Crippen molar-refractivity contribution in [3.05, 3.63) is 27.8 Å². The minimum Gasteiger partial charge on any atom is -0.377 e. The Morgan fingerprint density at radius 3 is 2.00 bits per heavy atom. The van der Waals surface area contributed by atoms with Gasteiger partial charge in [0.05, 0.1) is 16.2 Å². The van der Waals surface area contributed by atoms with E-state index in [0.29, 0.717) is 16.9 Å². The van der Waals surface area contributed by atoms with Crippen LogP contribution in [0.15, 0.2) is 12.1 Å². The molecule has 0 amide bonds. The molecular formula is C11H14N3O3. The van der Waals surface area contributed by atoms with Crippen molar-refractivity contribution in [2.24, 2.45) is 0 Å². The van der Waals surface area contributed by atoms with Crippen molar-refractivity contribution in [1.29, 1.82) is 0 Å². The molecule has 91 valence electrons. The highest BCUT2D eigenvalue weighted by molar-refractivity contribution is 5.89. The quantitative estimate of drug-likeness (QED) is 0.580. The Balaban J connectivity index is 3.53. The van der Waals surface area contributed by atoms with E-state index in [1.54, 1.807) is 44.3 Å². The van der Waals surface area contributed by atoms with Gasteiger partial charge in [0, 0.05) is 34.3 Å². The highest BCUT2D eigenvalue weighted by Gasteiger charge is 2.20. The van der Waals surface area contributed by atoms with Crippen molar-refractivity contribution in [3.8, 4) is 0 Å². The minimum absolute atomic E-state index is 0.0299. The lowest BCUT2D eigenvalue weighted by Crippen LogP contribution is -2.15. The Hall–Kier alpha value is -2.11. The van der Waals surface area contributed by atoms with E-state index in [1.165, 1.54) is 12.1 Å². The van der Waals surface area contributed by atoms with Gasteiger partial charge in [-0.05, 0) is 6.07 Å². The number of hydrogen-bond donors (Lipinski definition) is 0. The number of anilines is 2. The Labute approximate surface area is 99.6 Å². The summed E-state index contributed by atoms with van der Waals surface area (Å²) in [5.41, 5.74) is 1.15. The van der Waals surface area contributed by atoms with E-state index in [4.69, 9.17) is 0 Å². The standard InChI is InChI=1S/C11H14N3O3/c1-12(2)9-6-11(14(16)17)10(13(3)4)5-8(9)7-15/h5-6H,1-4H3. The molecule has 0 aliphatic rings. The van der Waals surface area contributed by atoms with Crippen LogP contribution in [0.3, 0.4) is 0 Å². The molecule has 0 atom stereocenters. The Morgan fingerprint density at radius 2 is 1.65 bits per heavy atom. The number of nitrogens with zero attached hydrogens (tertiary/aromatic N) is 3. The lowest BCUT2D eigenvalue weighted by atomic mass is 10.1. The first kappa shape index (κ1) is 13.0. The lowest BCUT2D eigenvalue weighted by Gasteiger charge is -2.18. The van der Waals surface area contributed by atoms with Gasteiger partial charge < -0.3 is 9.80 Å². The van der Waals surface area contributed by atoms with E-state index in [0.717, 1.165) is 0 Å². The van der Waals surface area contributed by atoms with Crippen LogP contribution in [0, 0.1) is 10.1 Å². The van der Waals surface area contributed by atoms with Gasteiger partial charge in [-0.2, -0.15) is 0 Å². The lowest BCUT2D eigenvalue weighted by molar-refractivity contribution is -0.384. The SMILES string of the molecule is CN(C)c1cc([N+](=O)[O-])c(N(C)C)cc1[C]=O. The van der Waals surface area contributed by atoms with Gasteiger partial charge >= 0.3 is 0 Å². The number of carbonyl (C=O) groups excluding carboxylic acids is 1. The molecule has 0 aromatic heterocycles. The van der Waals surface area contributed by atoms with Crippen molar-refractivity contribution in [3.63, 3.8) is 0 Å². The maximum atomic E-state index is 11.0. The van der Waals surface area contributed by atoms with Gasteiger partial charge in [0.25, 0.3) is 5.69 Å². The van der Waals surface area contributed by atoms with Gasteiger partial charge in [-0.15, -0.1) is 0 Å². The first-order chi connectivity index (χ1) is 7.88. The van der Waals surface area contributed by atoms with E-state index in [2.05, 4.69) is 0 Å². The van der Waals surface area contributed by atoms with E-state index in [9.17, 15) is 14.9 Å². The molecule has 0 spiro atoms. The molecule has 0 bridgehead atoms. The van der Waals surface area contributed by atoms with Gasteiger partial charge in [0.1, 0.15) is 5.69 Å². The molecule has 0 unspecified atom stereocenters. The molecule has 1 aromatic rings. The molecule has 0 N–H and O–H groups in total. The zero-order valence-electron chi connectivity index (χ0n) is 10.2. The summed E-state index contributed by atoms with van der Waals surface area (Å²) in [7, 11) is 6.81. The summed E-state index contributed by atoms with van der Waals surface area (Å²) in [6, 6.07) is 2.86. The molecule has 0 aliphatic heterocycles. The molecule has 0 fully saturated rings. The van der Waals surface area contributed by atoms with E-state index < -0.39 is 4.92 Å². The molecular weight excluding hydrogens is 222 g/mol. The second-order valence-corrected chi connectivity index (χ2v) is 4.01. The summed E-state index contributed by atoms with van der Waals surface area (Å²) in [6.07, 6.45) is 1.80. The third-order valence-corrected chi connectivity index (χ3v) is 2.36. The largest absolute Gasteiger partial charge is 0.377 e. The first-order valence-corrected chi connectivity index (χ1v) is 4.93. The van der Waals surface area contributed by atoms with Crippen LogP contribution in [0.25, 0.3) is 0 Å². The van der Waals surface area contributed by atoms with Crippen molar-refractivity contribution < 1.29 is 9.72 Å². The van der Waals surface area contributed by atoms with Gasteiger partial charge in [0.15, 0.2) is 0 Å². The second-order valence-electron chi connectivity index (χ2n) is 4.01.